The van der Waals surface area contributed by atoms with Crippen molar-refractivity contribution in [2.45, 2.75) is 13.0 Å². The fourth-order valence-corrected chi connectivity index (χ4v) is 2.60. The molecule has 0 radical (unpaired) electrons. The van der Waals surface area contributed by atoms with E-state index in [2.05, 4.69) is 15.3 Å². The molecule has 3 rings (SSSR count). The van der Waals surface area contributed by atoms with Crippen LogP contribution in [-0.2, 0) is 14.1 Å². The maximum Gasteiger partial charge on any atom is 0.332 e. The van der Waals surface area contributed by atoms with E-state index in [9.17, 15) is 14.4 Å². The van der Waals surface area contributed by atoms with E-state index in [1.807, 2.05) is 19.1 Å². The van der Waals surface area contributed by atoms with Crippen LogP contribution in [0.1, 0.15) is 28.9 Å². The van der Waals surface area contributed by atoms with Gasteiger partial charge >= 0.3 is 5.69 Å². The first kappa shape index (κ1) is 16.6. The first-order valence-electron chi connectivity index (χ1n) is 7.66. The van der Waals surface area contributed by atoms with Crippen molar-refractivity contribution in [2.24, 2.45) is 14.1 Å². The summed E-state index contributed by atoms with van der Waals surface area (Å²) < 4.78 is 2.27. The summed E-state index contributed by atoms with van der Waals surface area (Å²) in [5, 5.41) is 3.07. The van der Waals surface area contributed by atoms with Gasteiger partial charge in [0.2, 0.25) is 0 Å². The highest BCUT2D eigenvalue weighted by atomic mass is 16.2. The molecular formula is C17H17N5O3. The molecule has 0 saturated heterocycles. The Morgan fingerprint density at radius 3 is 2.52 bits per heavy atom. The number of carbonyl (C=O) groups is 1. The molecule has 0 aliphatic carbocycles. The predicted octanol–water partition coefficient (Wildman–Crippen LogP) is 0.518. The molecule has 0 saturated carbocycles. The number of aryl methyl sites for hydroxylation is 1. The van der Waals surface area contributed by atoms with Crippen LogP contribution in [0.15, 0.2) is 46.4 Å². The molecule has 1 amide bonds. The van der Waals surface area contributed by atoms with E-state index in [1.165, 1.54) is 30.9 Å². The molecule has 128 valence electrons. The summed E-state index contributed by atoms with van der Waals surface area (Å²) in [7, 11) is 2.92. The molecule has 0 unspecified atom stereocenters. The summed E-state index contributed by atoms with van der Waals surface area (Å²) in [5.74, 6) is -0.352. The molecule has 3 aromatic heterocycles. The Hall–Kier alpha value is -3.29. The Labute approximate surface area is 142 Å². The number of nitrogens with one attached hydrogen (secondary N) is 1. The lowest BCUT2D eigenvalue weighted by molar-refractivity contribution is 0.0939. The highest BCUT2D eigenvalue weighted by Gasteiger charge is 2.15. The highest BCUT2D eigenvalue weighted by molar-refractivity contribution is 5.96. The zero-order valence-electron chi connectivity index (χ0n) is 14.1. The summed E-state index contributed by atoms with van der Waals surface area (Å²) in [6, 6.07) is 4.86. The zero-order chi connectivity index (χ0) is 18.1. The third kappa shape index (κ3) is 2.93. The second-order valence-corrected chi connectivity index (χ2v) is 5.78. The minimum atomic E-state index is -0.484. The van der Waals surface area contributed by atoms with Crippen LogP contribution in [-0.4, -0.2) is 25.0 Å². The monoisotopic (exact) mass is 339 g/mol. The van der Waals surface area contributed by atoms with Crippen molar-refractivity contribution in [1.82, 2.24) is 24.4 Å². The summed E-state index contributed by atoms with van der Waals surface area (Å²) in [4.78, 5) is 44.8. The van der Waals surface area contributed by atoms with Gasteiger partial charge in [0, 0.05) is 32.7 Å². The van der Waals surface area contributed by atoms with E-state index in [4.69, 9.17) is 0 Å². The van der Waals surface area contributed by atoms with Crippen molar-refractivity contribution in [3.8, 4) is 0 Å². The van der Waals surface area contributed by atoms with Crippen molar-refractivity contribution >= 4 is 16.9 Å². The number of pyridine rings is 2. The predicted molar refractivity (Wildman–Crippen MR) is 92.3 cm³/mol. The number of aromatic nitrogens is 4. The number of hydrogen-bond acceptors (Lipinski definition) is 5. The van der Waals surface area contributed by atoms with Crippen LogP contribution in [0, 0.1) is 0 Å². The maximum absolute atomic E-state index is 12.5. The summed E-state index contributed by atoms with van der Waals surface area (Å²) >= 11 is 0. The number of fused-ring (bicyclic) bond motifs is 1. The first-order chi connectivity index (χ1) is 11.9. The third-order valence-electron chi connectivity index (χ3n) is 4.11. The maximum atomic E-state index is 12.5. The molecule has 1 N–H and O–H groups in total. The molecule has 8 nitrogen and oxygen atoms in total. The Bertz CT molecular complexity index is 1070. The number of carbonyl (C=O) groups excluding carboxylic acids is 1. The highest BCUT2D eigenvalue weighted by Crippen LogP contribution is 2.13. The van der Waals surface area contributed by atoms with Crippen LogP contribution < -0.4 is 16.6 Å². The quantitative estimate of drug-likeness (QED) is 0.750. The van der Waals surface area contributed by atoms with Gasteiger partial charge in [-0.05, 0) is 30.7 Å². The van der Waals surface area contributed by atoms with E-state index in [0.717, 1.165) is 10.1 Å². The van der Waals surface area contributed by atoms with Crippen LogP contribution in [0.5, 0.6) is 0 Å². The second-order valence-electron chi connectivity index (χ2n) is 5.78. The molecular weight excluding hydrogens is 322 g/mol. The molecule has 1 atom stereocenters. The van der Waals surface area contributed by atoms with Gasteiger partial charge in [0.25, 0.3) is 11.5 Å². The van der Waals surface area contributed by atoms with Crippen LogP contribution in [0.3, 0.4) is 0 Å². The Morgan fingerprint density at radius 1 is 1.16 bits per heavy atom. The normalized spacial score (nSPS) is 12.1. The molecule has 0 bridgehead atoms. The Morgan fingerprint density at radius 2 is 1.84 bits per heavy atom. The van der Waals surface area contributed by atoms with Crippen LogP contribution in [0.25, 0.3) is 11.0 Å². The van der Waals surface area contributed by atoms with Crippen molar-refractivity contribution in [2.75, 3.05) is 0 Å². The standard InChI is InChI=1S/C17H17N5O3/c1-10(11-4-6-18-7-5-11)20-15(23)12-8-13-14(19-9-12)21(2)17(25)22(3)16(13)24/h4-10H,1-3H3,(H,20,23)/t10-/m1/s1. The number of rotatable bonds is 3. The fourth-order valence-electron chi connectivity index (χ4n) is 2.60. The molecule has 0 aliphatic rings. The molecule has 0 aromatic carbocycles. The second kappa shape index (κ2) is 6.31. The topological polar surface area (TPSA) is 98.9 Å². The molecule has 3 aromatic rings. The molecule has 25 heavy (non-hydrogen) atoms. The van der Waals surface area contributed by atoms with Gasteiger partial charge in [-0.25, -0.2) is 9.78 Å². The third-order valence-corrected chi connectivity index (χ3v) is 4.11. The van der Waals surface area contributed by atoms with Crippen molar-refractivity contribution in [1.29, 1.82) is 0 Å². The van der Waals surface area contributed by atoms with Crippen LogP contribution in [0.2, 0.25) is 0 Å². The van der Waals surface area contributed by atoms with Crippen molar-refractivity contribution in [3.05, 3.63) is 68.8 Å². The van der Waals surface area contributed by atoms with Crippen molar-refractivity contribution < 1.29 is 4.79 Å². The molecule has 0 aliphatic heterocycles. The molecule has 3 heterocycles. The van der Waals surface area contributed by atoms with Gasteiger partial charge in [-0.3, -0.25) is 23.7 Å². The van der Waals surface area contributed by atoms with Crippen LogP contribution in [0.4, 0.5) is 0 Å². The minimum Gasteiger partial charge on any atom is -0.345 e. The van der Waals surface area contributed by atoms with E-state index >= 15 is 0 Å². The lowest BCUT2D eigenvalue weighted by Crippen LogP contribution is -2.37. The summed E-state index contributed by atoms with van der Waals surface area (Å²) in [5.41, 5.74) is 0.460. The van der Waals surface area contributed by atoms with E-state index < -0.39 is 11.2 Å². The Balaban J connectivity index is 1.98. The van der Waals surface area contributed by atoms with Gasteiger partial charge in [-0.15, -0.1) is 0 Å². The van der Waals surface area contributed by atoms with Gasteiger partial charge < -0.3 is 5.32 Å². The van der Waals surface area contributed by atoms with Crippen molar-refractivity contribution in [3.63, 3.8) is 0 Å². The lowest BCUT2D eigenvalue weighted by atomic mass is 10.1. The number of hydrogen-bond donors (Lipinski definition) is 1. The molecule has 8 heteroatoms. The zero-order valence-corrected chi connectivity index (χ0v) is 14.1. The number of amides is 1. The Kier molecular flexibility index (Phi) is 4.18. The minimum absolute atomic E-state index is 0.216. The largest absolute Gasteiger partial charge is 0.345 e. The number of nitrogens with zero attached hydrogens (tertiary/aromatic N) is 4. The smallest absolute Gasteiger partial charge is 0.332 e. The SMILES string of the molecule is C[C@@H](NC(=O)c1cnc2c(c1)c(=O)n(C)c(=O)n2C)c1ccncc1. The molecule has 0 fully saturated rings. The van der Waals surface area contributed by atoms with Gasteiger partial charge in [-0.1, -0.05) is 0 Å². The van der Waals surface area contributed by atoms with Gasteiger partial charge in [0.15, 0.2) is 0 Å². The van der Waals surface area contributed by atoms with Gasteiger partial charge in [0.05, 0.1) is 17.0 Å². The summed E-state index contributed by atoms with van der Waals surface area (Å²) in [6.45, 7) is 1.85. The summed E-state index contributed by atoms with van der Waals surface area (Å²) in [6.07, 6.45) is 4.66. The fraction of sp³-hybridized carbons (Fsp3) is 0.235. The van der Waals surface area contributed by atoms with E-state index in [0.29, 0.717) is 0 Å². The van der Waals surface area contributed by atoms with E-state index in [-0.39, 0.29) is 28.5 Å². The average molecular weight is 339 g/mol. The van der Waals surface area contributed by atoms with Crippen LogP contribution >= 0.6 is 0 Å². The van der Waals surface area contributed by atoms with E-state index in [1.54, 1.807) is 12.4 Å². The average Bonchev–Trinajstić information content (AvgIpc) is 2.64. The van der Waals surface area contributed by atoms with Gasteiger partial charge in [0.1, 0.15) is 5.65 Å². The van der Waals surface area contributed by atoms with Gasteiger partial charge in [-0.2, -0.15) is 0 Å². The first-order valence-corrected chi connectivity index (χ1v) is 7.66. The molecule has 0 spiro atoms. The lowest BCUT2D eigenvalue weighted by Gasteiger charge is -2.14.